The van der Waals surface area contributed by atoms with E-state index in [0.717, 1.165) is 0 Å². The molecule has 16 heavy (non-hydrogen) atoms. The van der Waals surface area contributed by atoms with Crippen molar-refractivity contribution in [2.75, 3.05) is 0 Å². The van der Waals surface area contributed by atoms with Crippen LogP contribution in [0.2, 0.25) is 0 Å². The Balaban J connectivity index is 1.78. The predicted molar refractivity (Wildman–Crippen MR) is 47.5 cm³/mol. The summed E-state index contributed by atoms with van der Waals surface area (Å²) in [5.74, 6) is -4.17. The molecule has 0 aromatic heterocycles. The summed E-state index contributed by atoms with van der Waals surface area (Å²) >= 11 is 0. The first kappa shape index (κ1) is 9.49. The lowest BCUT2D eigenvalue weighted by Crippen LogP contribution is -2.50. The maximum absolute atomic E-state index is 10.4. The molecule has 0 amide bonds. The predicted octanol–water partition coefficient (Wildman–Crippen LogP) is -2.10. The van der Waals surface area contributed by atoms with Crippen LogP contribution >= 0.6 is 0 Å². The highest BCUT2D eigenvalue weighted by atomic mass is 16.9. The van der Waals surface area contributed by atoms with E-state index in [0.29, 0.717) is 6.42 Å². The third kappa shape index (κ3) is 0.968. The van der Waals surface area contributed by atoms with E-state index in [1.165, 1.54) is 0 Å². The zero-order chi connectivity index (χ0) is 11.2. The molecule has 7 nitrogen and oxygen atoms in total. The molecule has 0 spiro atoms. The van der Waals surface area contributed by atoms with Crippen LogP contribution < -0.4 is 11.0 Å². The average Bonchev–Trinajstić information content (AvgIpc) is 3.07. The second-order valence-electron chi connectivity index (χ2n) is 5.02. The largest absolute Gasteiger partial charge is 0.385 e. The number of hydroxylamine groups is 2. The van der Waals surface area contributed by atoms with Gasteiger partial charge in [-0.05, 0) is 12.3 Å². The Morgan fingerprint density at radius 1 is 1.12 bits per heavy atom. The van der Waals surface area contributed by atoms with Crippen molar-refractivity contribution < 1.29 is 25.0 Å². The van der Waals surface area contributed by atoms with E-state index in [4.69, 9.17) is 9.68 Å². The molecule has 2 aliphatic heterocycles. The SMILES string of the molecule is OC12C=CC(C1)C(C1(O)NO1)C2C1(O)NO1. The van der Waals surface area contributed by atoms with Gasteiger partial charge >= 0.3 is 0 Å². The first-order chi connectivity index (χ1) is 7.47. The molecule has 4 aliphatic rings. The number of fused-ring (bicyclic) bond motifs is 2. The second-order valence-corrected chi connectivity index (χ2v) is 5.02. The number of aliphatic hydroxyl groups is 3. The summed E-state index contributed by atoms with van der Waals surface area (Å²) in [6.07, 6.45) is 3.96. The standard InChI is InChI=1S/C9H12N2O5/c12-7-2-1-4(3-7)5(8(13)10-15-8)6(7)9(14)11-16-9/h1-2,4-6,10-14H,3H2. The number of hydrogen-bond acceptors (Lipinski definition) is 7. The van der Waals surface area contributed by atoms with E-state index in [1.54, 1.807) is 6.08 Å². The van der Waals surface area contributed by atoms with Gasteiger partial charge in [0.25, 0.3) is 11.8 Å². The van der Waals surface area contributed by atoms with Crippen LogP contribution in [0.15, 0.2) is 12.2 Å². The van der Waals surface area contributed by atoms with Crippen molar-refractivity contribution in [3.05, 3.63) is 12.2 Å². The van der Waals surface area contributed by atoms with Gasteiger partial charge in [-0.3, -0.25) is 0 Å². The van der Waals surface area contributed by atoms with Gasteiger partial charge in [0.05, 0.1) is 17.4 Å². The van der Waals surface area contributed by atoms with E-state index in [9.17, 15) is 15.3 Å². The third-order valence-corrected chi connectivity index (χ3v) is 4.05. The van der Waals surface area contributed by atoms with Gasteiger partial charge in [0, 0.05) is 0 Å². The monoisotopic (exact) mass is 228 g/mol. The van der Waals surface area contributed by atoms with Gasteiger partial charge in [0.15, 0.2) is 0 Å². The first-order valence-corrected chi connectivity index (χ1v) is 5.24. The zero-order valence-corrected chi connectivity index (χ0v) is 8.25. The van der Waals surface area contributed by atoms with Crippen LogP contribution in [-0.2, 0) is 9.68 Å². The van der Waals surface area contributed by atoms with Crippen LogP contribution in [0, 0.1) is 17.8 Å². The number of hydrogen-bond donors (Lipinski definition) is 5. The first-order valence-electron chi connectivity index (χ1n) is 5.24. The van der Waals surface area contributed by atoms with Crippen LogP contribution in [0.5, 0.6) is 0 Å². The summed E-state index contributed by atoms with van der Waals surface area (Å²) in [5, 5.41) is 30.3. The highest BCUT2D eigenvalue weighted by molar-refractivity contribution is 5.27. The van der Waals surface area contributed by atoms with Crippen LogP contribution in [0.4, 0.5) is 0 Å². The van der Waals surface area contributed by atoms with Crippen molar-refractivity contribution in [3.63, 3.8) is 0 Å². The Morgan fingerprint density at radius 2 is 1.75 bits per heavy atom. The van der Waals surface area contributed by atoms with E-state index >= 15 is 0 Å². The van der Waals surface area contributed by atoms with E-state index < -0.39 is 29.3 Å². The molecule has 2 saturated heterocycles. The summed E-state index contributed by atoms with van der Waals surface area (Å²) in [4.78, 5) is 9.57. The lowest BCUT2D eigenvalue weighted by Gasteiger charge is -2.33. The normalized spacial score (nSPS) is 66.3. The van der Waals surface area contributed by atoms with Gasteiger partial charge in [-0.15, -0.1) is 11.0 Å². The molecule has 6 unspecified atom stereocenters. The smallest absolute Gasteiger partial charge is 0.271 e. The summed E-state index contributed by atoms with van der Waals surface area (Å²) < 4.78 is 0. The third-order valence-electron chi connectivity index (χ3n) is 4.05. The quantitative estimate of drug-likeness (QED) is 0.270. The van der Waals surface area contributed by atoms with Crippen molar-refractivity contribution in [2.45, 2.75) is 23.8 Å². The van der Waals surface area contributed by atoms with Crippen molar-refractivity contribution >= 4 is 0 Å². The van der Waals surface area contributed by atoms with Crippen molar-refractivity contribution in [1.29, 1.82) is 0 Å². The Hall–Kier alpha value is -0.540. The number of allylic oxidation sites excluding steroid dienone is 1. The van der Waals surface area contributed by atoms with Crippen LogP contribution in [-0.4, -0.2) is 32.7 Å². The maximum atomic E-state index is 10.4. The van der Waals surface area contributed by atoms with Crippen molar-refractivity contribution in [2.24, 2.45) is 17.8 Å². The minimum Gasteiger partial charge on any atom is -0.385 e. The fraction of sp³-hybridized carbons (Fsp3) is 0.778. The van der Waals surface area contributed by atoms with E-state index in [-0.39, 0.29) is 5.92 Å². The van der Waals surface area contributed by atoms with Crippen molar-refractivity contribution in [1.82, 2.24) is 11.0 Å². The molecule has 88 valence electrons. The molecular formula is C9H12N2O5. The molecule has 0 radical (unpaired) electrons. The van der Waals surface area contributed by atoms with E-state index in [1.807, 2.05) is 6.08 Å². The fourth-order valence-corrected chi connectivity index (χ4v) is 3.31. The molecule has 2 aliphatic carbocycles. The van der Waals surface area contributed by atoms with Gasteiger partial charge in [-0.1, -0.05) is 12.2 Å². The Bertz CT molecular complexity index is 391. The minimum atomic E-state index is -1.57. The second kappa shape index (κ2) is 2.34. The number of nitrogens with one attached hydrogen (secondary N) is 2. The Morgan fingerprint density at radius 3 is 2.31 bits per heavy atom. The van der Waals surface area contributed by atoms with Gasteiger partial charge in [0.2, 0.25) is 0 Å². The fourth-order valence-electron chi connectivity index (χ4n) is 3.31. The molecule has 5 N–H and O–H groups in total. The molecule has 0 aromatic rings. The lowest BCUT2D eigenvalue weighted by molar-refractivity contribution is -0.144. The maximum Gasteiger partial charge on any atom is 0.271 e. The lowest BCUT2D eigenvalue weighted by atomic mass is 9.77. The molecule has 2 heterocycles. The Kier molecular flexibility index (Phi) is 1.39. The molecule has 3 fully saturated rings. The van der Waals surface area contributed by atoms with Crippen LogP contribution in [0.25, 0.3) is 0 Å². The topological polar surface area (TPSA) is 130 Å². The van der Waals surface area contributed by atoms with Gasteiger partial charge < -0.3 is 15.3 Å². The minimum absolute atomic E-state index is 0.0370. The molecule has 2 bridgehead atoms. The molecule has 1 saturated carbocycles. The molecule has 0 aromatic carbocycles. The average molecular weight is 228 g/mol. The summed E-state index contributed by atoms with van der Waals surface area (Å²) in [6.45, 7) is 0. The van der Waals surface area contributed by atoms with Crippen LogP contribution in [0.1, 0.15) is 6.42 Å². The summed E-state index contributed by atoms with van der Waals surface area (Å²) in [5.41, 5.74) is 3.60. The number of rotatable bonds is 2. The summed E-state index contributed by atoms with van der Waals surface area (Å²) in [7, 11) is 0. The van der Waals surface area contributed by atoms with Crippen LogP contribution in [0.3, 0.4) is 0 Å². The highest BCUT2D eigenvalue weighted by Crippen LogP contribution is 2.60. The molecule has 7 heteroatoms. The Labute approximate surface area is 90.6 Å². The molecular weight excluding hydrogens is 216 g/mol. The molecule has 6 atom stereocenters. The van der Waals surface area contributed by atoms with E-state index in [2.05, 4.69) is 11.0 Å². The van der Waals surface area contributed by atoms with Gasteiger partial charge in [-0.2, -0.15) is 0 Å². The summed E-state index contributed by atoms with van der Waals surface area (Å²) in [6, 6.07) is 0. The highest BCUT2D eigenvalue weighted by Gasteiger charge is 2.75. The van der Waals surface area contributed by atoms with Crippen molar-refractivity contribution in [3.8, 4) is 0 Å². The zero-order valence-electron chi connectivity index (χ0n) is 8.25. The van der Waals surface area contributed by atoms with Gasteiger partial charge in [-0.25, -0.2) is 9.68 Å². The molecule has 4 rings (SSSR count). The van der Waals surface area contributed by atoms with Gasteiger partial charge in [0.1, 0.15) is 0 Å².